The van der Waals surface area contributed by atoms with E-state index in [0.29, 0.717) is 0 Å². The molecule has 0 amide bonds. The van der Waals surface area contributed by atoms with Crippen LogP contribution < -0.4 is 5.32 Å². The van der Waals surface area contributed by atoms with Gasteiger partial charge in [0.25, 0.3) is 0 Å². The maximum absolute atomic E-state index is 12.1. The third-order valence-corrected chi connectivity index (χ3v) is 3.34. The molecule has 18 heavy (non-hydrogen) atoms. The lowest BCUT2D eigenvalue weighted by atomic mass is 10.1. The molecule has 0 radical (unpaired) electrons. The monoisotopic (exact) mass is 268 g/mol. The topological polar surface area (TPSA) is 35.5 Å². The number of nitrogens with one attached hydrogen (secondary N) is 1. The first-order valence-corrected chi connectivity index (χ1v) is 6.64. The van der Waals surface area contributed by atoms with Crippen molar-refractivity contribution in [1.29, 1.82) is 0 Å². The van der Waals surface area contributed by atoms with Gasteiger partial charge in [-0.15, -0.1) is 0 Å². The molecule has 1 aliphatic rings. The molecular weight excluding hydrogens is 245 g/mol. The van der Waals surface area contributed by atoms with Gasteiger partial charge in [0.2, 0.25) is 0 Å². The minimum absolute atomic E-state index is 0.0869. The van der Waals surface area contributed by atoms with Crippen LogP contribution in [0.15, 0.2) is 0 Å². The number of nitrogens with zero attached hydrogens (tertiary/aromatic N) is 1. The van der Waals surface area contributed by atoms with Gasteiger partial charge in [-0.1, -0.05) is 6.92 Å². The van der Waals surface area contributed by atoms with Gasteiger partial charge in [-0.05, 0) is 45.3 Å². The van der Waals surface area contributed by atoms with Gasteiger partial charge in [0, 0.05) is 12.6 Å². The van der Waals surface area contributed by atoms with E-state index in [-0.39, 0.29) is 6.04 Å². The molecule has 0 aromatic carbocycles. The molecule has 1 fully saturated rings. The first kappa shape index (κ1) is 15.7. The van der Waals surface area contributed by atoms with Crippen LogP contribution in [0.1, 0.15) is 32.6 Å². The van der Waals surface area contributed by atoms with Gasteiger partial charge in [0.1, 0.15) is 0 Å². The fraction of sp³-hybridized carbons (Fsp3) is 1.00. The van der Waals surface area contributed by atoms with E-state index in [1.807, 2.05) is 0 Å². The summed E-state index contributed by atoms with van der Waals surface area (Å²) in [5.41, 5.74) is 0. The van der Waals surface area contributed by atoms with E-state index in [2.05, 4.69) is 17.1 Å². The smallest absolute Gasteiger partial charge is 0.382 e. The SMILES string of the molecule is CCCN1CCCC(NCC(O)C(F)(F)F)CC1. The highest BCUT2D eigenvalue weighted by molar-refractivity contribution is 4.77. The number of aliphatic hydroxyl groups is 1. The predicted molar refractivity (Wildman–Crippen MR) is 64.4 cm³/mol. The average Bonchev–Trinajstić information content (AvgIpc) is 2.51. The van der Waals surface area contributed by atoms with Gasteiger partial charge in [0.15, 0.2) is 6.10 Å². The summed E-state index contributed by atoms with van der Waals surface area (Å²) >= 11 is 0. The van der Waals surface area contributed by atoms with Crippen molar-refractivity contribution in [2.45, 2.75) is 50.9 Å². The normalized spacial score (nSPS) is 24.8. The molecule has 0 spiro atoms. The Kier molecular flexibility index (Phi) is 6.38. The highest BCUT2D eigenvalue weighted by Crippen LogP contribution is 2.20. The third kappa shape index (κ3) is 5.54. The van der Waals surface area contributed by atoms with Gasteiger partial charge in [-0.2, -0.15) is 13.2 Å². The summed E-state index contributed by atoms with van der Waals surface area (Å²) in [4.78, 5) is 2.35. The van der Waals surface area contributed by atoms with Crippen molar-refractivity contribution in [3.63, 3.8) is 0 Å². The van der Waals surface area contributed by atoms with Crippen LogP contribution in [0.5, 0.6) is 0 Å². The second-order valence-corrected chi connectivity index (χ2v) is 4.94. The van der Waals surface area contributed by atoms with Crippen LogP contribution >= 0.6 is 0 Å². The quantitative estimate of drug-likeness (QED) is 0.797. The zero-order chi connectivity index (χ0) is 13.6. The number of alkyl halides is 3. The molecule has 2 unspecified atom stereocenters. The lowest BCUT2D eigenvalue weighted by Crippen LogP contribution is -2.42. The highest BCUT2D eigenvalue weighted by Gasteiger charge is 2.38. The molecule has 0 saturated carbocycles. The van der Waals surface area contributed by atoms with E-state index in [0.717, 1.165) is 45.3 Å². The lowest BCUT2D eigenvalue weighted by molar-refractivity contribution is -0.202. The molecule has 0 bridgehead atoms. The molecule has 1 aliphatic heterocycles. The molecule has 1 saturated heterocycles. The Hall–Kier alpha value is -0.330. The molecule has 108 valence electrons. The van der Waals surface area contributed by atoms with Crippen LogP contribution in [-0.2, 0) is 0 Å². The summed E-state index contributed by atoms with van der Waals surface area (Å²) in [6.45, 7) is 4.72. The summed E-state index contributed by atoms with van der Waals surface area (Å²) in [7, 11) is 0. The fourth-order valence-corrected chi connectivity index (χ4v) is 2.29. The lowest BCUT2D eigenvalue weighted by Gasteiger charge is -2.21. The van der Waals surface area contributed by atoms with E-state index in [9.17, 15) is 13.2 Å². The first-order valence-electron chi connectivity index (χ1n) is 6.64. The Bertz CT molecular complexity index is 236. The van der Waals surface area contributed by atoms with Crippen LogP contribution in [-0.4, -0.2) is 54.5 Å². The van der Waals surface area contributed by atoms with Crippen LogP contribution in [0.2, 0.25) is 0 Å². The second kappa shape index (κ2) is 7.31. The van der Waals surface area contributed by atoms with Crippen molar-refractivity contribution < 1.29 is 18.3 Å². The van der Waals surface area contributed by atoms with Crippen molar-refractivity contribution in [1.82, 2.24) is 10.2 Å². The number of halogens is 3. The summed E-state index contributed by atoms with van der Waals surface area (Å²) in [6.07, 6.45) is -2.95. The van der Waals surface area contributed by atoms with E-state index in [4.69, 9.17) is 5.11 Å². The summed E-state index contributed by atoms with van der Waals surface area (Å²) < 4.78 is 36.4. The zero-order valence-electron chi connectivity index (χ0n) is 10.8. The van der Waals surface area contributed by atoms with Crippen LogP contribution in [0.3, 0.4) is 0 Å². The predicted octanol–water partition coefficient (Wildman–Crippen LogP) is 1.76. The number of hydrogen-bond donors (Lipinski definition) is 2. The van der Waals surface area contributed by atoms with Crippen molar-refractivity contribution in [2.75, 3.05) is 26.2 Å². The highest BCUT2D eigenvalue weighted by atomic mass is 19.4. The Morgan fingerprint density at radius 1 is 1.33 bits per heavy atom. The van der Waals surface area contributed by atoms with Crippen molar-refractivity contribution in [2.24, 2.45) is 0 Å². The largest absolute Gasteiger partial charge is 0.415 e. The van der Waals surface area contributed by atoms with Crippen LogP contribution in [0.25, 0.3) is 0 Å². The average molecular weight is 268 g/mol. The molecule has 1 rings (SSSR count). The molecule has 0 aromatic rings. The Morgan fingerprint density at radius 2 is 2.06 bits per heavy atom. The molecule has 2 atom stereocenters. The zero-order valence-corrected chi connectivity index (χ0v) is 10.8. The van der Waals surface area contributed by atoms with Crippen molar-refractivity contribution >= 4 is 0 Å². The van der Waals surface area contributed by atoms with Crippen molar-refractivity contribution in [3.8, 4) is 0 Å². The van der Waals surface area contributed by atoms with Gasteiger partial charge in [0.05, 0.1) is 0 Å². The molecular formula is C12H23F3N2O. The summed E-state index contributed by atoms with van der Waals surface area (Å²) in [5.74, 6) is 0. The number of likely N-dealkylation sites (tertiary alicyclic amines) is 1. The van der Waals surface area contributed by atoms with Gasteiger partial charge in [-0.25, -0.2) is 0 Å². The molecule has 0 aliphatic carbocycles. The Morgan fingerprint density at radius 3 is 2.67 bits per heavy atom. The van der Waals surface area contributed by atoms with E-state index in [1.165, 1.54) is 0 Å². The molecule has 6 heteroatoms. The summed E-state index contributed by atoms with van der Waals surface area (Å²) in [5, 5.41) is 11.8. The standard InChI is InChI=1S/C12H23F3N2O/c1-2-6-17-7-3-4-10(5-8-17)16-9-11(18)12(13,14)15/h10-11,16,18H,2-9H2,1H3. The molecule has 2 N–H and O–H groups in total. The van der Waals surface area contributed by atoms with Gasteiger partial charge in [-0.3, -0.25) is 0 Å². The number of aliphatic hydroxyl groups excluding tert-OH is 1. The van der Waals surface area contributed by atoms with E-state index >= 15 is 0 Å². The fourth-order valence-electron chi connectivity index (χ4n) is 2.29. The maximum atomic E-state index is 12.1. The Labute approximate surface area is 106 Å². The minimum Gasteiger partial charge on any atom is -0.382 e. The number of rotatable bonds is 5. The molecule has 0 aromatic heterocycles. The van der Waals surface area contributed by atoms with Crippen LogP contribution in [0, 0.1) is 0 Å². The van der Waals surface area contributed by atoms with Crippen LogP contribution in [0.4, 0.5) is 13.2 Å². The van der Waals surface area contributed by atoms with Gasteiger partial charge < -0.3 is 15.3 Å². The second-order valence-electron chi connectivity index (χ2n) is 4.94. The third-order valence-electron chi connectivity index (χ3n) is 3.34. The maximum Gasteiger partial charge on any atom is 0.415 e. The Balaban J connectivity index is 2.27. The summed E-state index contributed by atoms with van der Waals surface area (Å²) in [6, 6.07) is 0.0869. The minimum atomic E-state index is -4.52. The molecule has 3 nitrogen and oxygen atoms in total. The van der Waals surface area contributed by atoms with Gasteiger partial charge >= 0.3 is 6.18 Å². The number of hydrogen-bond acceptors (Lipinski definition) is 3. The van der Waals surface area contributed by atoms with E-state index in [1.54, 1.807) is 0 Å². The van der Waals surface area contributed by atoms with Crippen molar-refractivity contribution in [3.05, 3.63) is 0 Å². The van der Waals surface area contributed by atoms with E-state index < -0.39 is 18.8 Å². The first-order chi connectivity index (χ1) is 8.43. The molecule has 1 heterocycles.